The van der Waals surface area contributed by atoms with Crippen molar-refractivity contribution in [2.45, 2.75) is 44.9 Å². The highest BCUT2D eigenvalue weighted by Gasteiger charge is 2.21. The fourth-order valence-corrected chi connectivity index (χ4v) is 3.26. The van der Waals surface area contributed by atoms with E-state index in [2.05, 4.69) is 5.32 Å². The van der Waals surface area contributed by atoms with Crippen LogP contribution in [0.1, 0.15) is 44.9 Å². The van der Waals surface area contributed by atoms with Gasteiger partial charge in [-0.3, -0.25) is 9.69 Å². The normalized spacial score (nSPS) is 15.0. The molecule has 1 aromatic carbocycles. The second kappa shape index (κ2) is 9.34. The lowest BCUT2D eigenvalue weighted by Gasteiger charge is -2.23. The van der Waals surface area contributed by atoms with E-state index in [0.29, 0.717) is 12.3 Å². The second-order valence-corrected chi connectivity index (χ2v) is 6.51. The molecule has 3 amide bonds. The summed E-state index contributed by atoms with van der Waals surface area (Å²) >= 11 is 0. The molecule has 0 saturated heterocycles. The molecule has 2 rings (SSSR count). The number of carbonyl (C=O) groups excluding carboxylic acids is 2. The number of primary amides is 1. The van der Waals surface area contributed by atoms with Crippen LogP contribution in [-0.2, 0) is 4.79 Å². The van der Waals surface area contributed by atoms with Gasteiger partial charge in [-0.25, -0.2) is 13.6 Å². The molecule has 1 aliphatic rings. The number of urea groups is 1. The van der Waals surface area contributed by atoms with Gasteiger partial charge in [0.15, 0.2) is 0 Å². The SMILES string of the molecule is NC(=O)N(CCNc1cc(F)cc(F)c1)C(=O)CCC1CCCCC1. The first-order chi connectivity index (χ1) is 12.0. The summed E-state index contributed by atoms with van der Waals surface area (Å²) in [7, 11) is 0. The van der Waals surface area contributed by atoms with Gasteiger partial charge in [-0.1, -0.05) is 32.1 Å². The zero-order valence-electron chi connectivity index (χ0n) is 14.3. The second-order valence-electron chi connectivity index (χ2n) is 6.51. The first-order valence-electron chi connectivity index (χ1n) is 8.75. The first kappa shape index (κ1) is 19.1. The maximum atomic E-state index is 13.1. The monoisotopic (exact) mass is 353 g/mol. The molecule has 1 saturated carbocycles. The highest BCUT2D eigenvalue weighted by atomic mass is 19.1. The number of rotatable bonds is 7. The molecule has 0 aromatic heterocycles. The van der Waals surface area contributed by atoms with Gasteiger partial charge in [0.1, 0.15) is 11.6 Å². The van der Waals surface area contributed by atoms with Gasteiger partial charge >= 0.3 is 6.03 Å². The molecule has 1 fully saturated rings. The highest BCUT2D eigenvalue weighted by Crippen LogP contribution is 2.27. The largest absolute Gasteiger partial charge is 0.383 e. The van der Waals surface area contributed by atoms with Crippen molar-refractivity contribution >= 4 is 17.6 Å². The van der Waals surface area contributed by atoms with Gasteiger partial charge in [0, 0.05) is 31.3 Å². The maximum absolute atomic E-state index is 13.1. The summed E-state index contributed by atoms with van der Waals surface area (Å²) < 4.78 is 26.3. The van der Waals surface area contributed by atoms with Crippen LogP contribution < -0.4 is 11.1 Å². The van der Waals surface area contributed by atoms with Gasteiger partial charge in [0.05, 0.1) is 0 Å². The molecule has 0 spiro atoms. The Morgan fingerprint density at radius 1 is 1.12 bits per heavy atom. The summed E-state index contributed by atoms with van der Waals surface area (Å²) in [6, 6.07) is 2.25. The fourth-order valence-electron chi connectivity index (χ4n) is 3.26. The van der Waals surface area contributed by atoms with Gasteiger partial charge in [-0.05, 0) is 24.5 Å². The summed E-state index contributed by atoms with van der Waals surface area (Å²) in [5.74, 6) is -1.15. The molecular weight excluding hydrogens is 328 g/mol. The molecule has 0 atom stereocenters. The molecule has 3 N–H and O–H groups in total. The minimum atomic E-state index is -0.805. The minimum absolute atomic E-state index is 0.0525. The summed E-state index contributed by atoms with van der Waals surface area (Å²) in [6.07, 6.45) is 6.99. The average molecular weight is 353 g/mol. The third-order valence-corrected chi connectivity index (χ3v) is 4.59. The molecule has 0 bridgehead atoms. The lowest BCUT2D eigenvalue weighted by Crippen LogP contribution is -2.43. The van der Waals surface area contributed by atoms with Gasteiger partial charge in [0.25, 0.3) is 0 Å². The summed E-state index contributed by atoms with van der Waals surface area (Å²) in [5.41, 5.74) is 5.54. The predicted octanol–water partition coefficient (Wildman–Crippen LogP) is 3.64. The number of amides is 3. The van der Waals surface area contributed by atoms with Gasteiger partial charge in [-0.15, -0.1) is 0 Å². The zero-order chi connectivity index (χ0) is 18.2. The molecule has 25 heavy (non-hydrogen) atoms. The Balaban J connectivity index is 1.80. The smallest absolute Gasteiger partial charge is 0.321 e. The van der Waals surface area contributed by atoms with Gasteiger partial charge < -0.3 is 11.1 Å². The van der Waals surface area contributed by atoms with E-state index >= 15 is 0 Å². The molecule has 0 aliphatic heterocycles. The quantitative estimate of drug-likeness (QED) is 0.786. The lowest BCUT2D eigenvalue weighted by molar-refractivity contribution is -0.128. The van der Waals surface area contributed by atoms with Crippen molar-refractivity contribution in [2.75, 3.05) is 18.4 Å². The molecule has 7 heteroatoms. The van der Waals surface area contributed by atoms with Crippen LogP contribution in [-0.4, -0.2) is 29.9 Å². The van der Waals surface area contributed by atoms with Crippen molar-refractivity contribution in [3.05, 3.63) is 29.8 Å². The number of imide groups is 1. The van der Waals surface area contributed by atoms with Crippen molar-refractivity contribution in [1.82, 2.24) is 4.90 Å². The predicted molar refractivity (Wildman–Crippen MR) is 92.0 cm³/mol. The first-order valence-corrected chi connectivity index (χ1v) is 8.75. The summed E-state index contributed by atoms with van der Waals surface area (Å²) in [6.45, 7) is 0.220. The van der Waals surface area contributed by atoms with Gasteiger partial charge in [-0.2, -0.15) is 0 Å². The Bertz CT molecular complexity index is 584. The van der Waals surface area contributed by atoms with E-state index in [0.717, 1.165) is 42.4 Å². The topological polar surface area (TPSA) is 75.4 Å². The van der Waals surface area contributed by atoms with Crippen LogP contribution in [0, 0.1) is 17.6 Å². The highest BCUT2D eigenvalue weighted by molar-refractivity contribution is 5.93. The van der Waals surface area contributed by atoms with Crippen LogP contribution in [0.5, 0.6) is 0 Å². The molecule has 138 valence electrons. The molecule has 1 aliphatic carbocycles. The van der Waals surface area contributed by atoms with E-state index in [1.54, 1.807) is 0 Å². The molecule has 1 aromatic rings. The van der Waals surface area contributed by atoms with Crippen LogP contribution in [0.2, 0.25) is 0 Å². The molecule has 0 radical (unpaired) electrons. The number of anilines is 1. The zero-order valence-corrected chi connectivity index (χ0v) is 14.3. The number of hydrogen-bond donors (Lipinski definition) is 2. The van der Waals surface area contributed by atoms with E-state index in [9.17, 15) is 18.4 Å². The third kappa shape index (κ3) is 6.32. The summed E-state index contributed by atoms with van der Waals surface area (Å²) in [5, 5.41) is 2.79. The van der Waals surface area contributed by atoms with Crippen molar-refractivity contribution in [3.63, 3.8) is 0 Å². The number of halogens is 2. The Morgan fingerprint density at radius 2 is 1.76 bits per heavy atom. The van der Waals surface area contributed by atoms with Crippen LogP contribution in [0.4, 0.5) is 19.3 Å². The Morgan fingerprint density at radius 3 is 2.36 bits per heavy atom. The van der Waals surface area contributed by atoms with Crippen molar-refractivity contribution in [1.29, 1.82) is 0 Å². The van der Waals surface area contributed by atoms with Crippen LogP contribution in [0.15, 0.2) is 18.2 Å². The number of benzene rings is 1. The Hall–Kier alpha value is -2.18. The maximum Gasteiger partial charge on any atom is 0.321 e. The Labute approximate surface area is 146 Å². The Kier molecular flexibility index (Phi) is 7.16. The minimum Gasteiger partial charge on any atom is -0.383 e. The van der Waals surface area contributed by atoms with Crippen molar-refractivity contribution < 1.29 is 18.4 Å². The van der Waals surface area contributed by atoms with E-state index in [1.165, 1.54) is 19.3 Å². The van der Waals surface area contributed by atoms with Crippen molar-refractivity contribution in [3.8, 4) is 0 Å². The van der Waals surface area contributed by atoms with Crippen LogP contribution >= 0.6 is 0 Å². The number of nitrogens with two attached hydrogens (primary N) is 1. The fraction of sp³-hybridized carbons (Fsp3) is 0.556. The van der Waals surface area contributed by atoms with Crippen LogP contribution in [0.3, 0.4) is 0 Å². The van der Waals surface area contributed by atoms with Crippen LogP contribution in [0.25, 0.3) is 0 Å². The third-order valence-electron chi connectivity index (χ3n) is 4.59. The average Bonchev–Trinajstić information content (AvgIpc) is 2.56. The number of nitrogens with zero attached hydrogens (tertiary/aromatic N) is 1. The van der Waals surface area contributed by atoms with E-state index in [-0.39, 0.29) is 24.7 Å². The molecular formula is C18H25F2N3O2. The number of hydrogen-bond acceptors (Lipinski definition) is 3. The molecule has 0 heterocycles. The van der Waals surface area contributed by atoms with E-state index in [1.807, 2.05) is 0 Å². The van der Waals surface area contributed by atoms with Crippen molar-refractivity contribution in [2.24, 2.45) is 11.7 Å². The molecule has 0 unspecified atom stereocenters. The molecule has 5 nitrogen and oxygen atoms in total. The van der Waals surface area contributed by atoms with E-state index in [4.69, 9.17) is 5.73 Å². The number of nitrogens with one attached hydrogen (secondary N) is 1. The summed E-state index contributed by atoms with van der Waals surface area (Å²) in [4.78, 5) is 24.8. The standard InChI is InChI=1S/C18H25F2N3O2/c19-14-10-15(20)12-16(11-14)22-8-9-23(18(21)25)17(24)7-6-13-4-2-1-3-5-13/h10-13,22H,1-9H2,(H2,21,25). The van der Waals surface area contributed by atoms with Gasteiger partial charge in [0.2, 0.25) is 5.91 Å². The number of carbonyl (C=O) groups is 2. The lowest BCUT2D eigenvalue weighted by atomic mass is 9.86. The van der Waals surface area contributed by atoms with E-state index < -0.39 is 17.7 Å².